The van der Waals surface area contributed by atoms with Gasteiger partial charge in [0.2, 0.25) is 15.9 Å². The van der Waals surface area contributed by atoms with Crippen LogP contribution < -0.4 is 10.1 Å². The summed E-state index contributed by atoms with van der Waals surface area (Å²) < 4.78 is 46.0. The van der Waals surface area contributed by atoms with Gasteiger partial charge in [0.1, 0.15) is 11.6 Å². The normalized spacial score (nSPS) is 15.3. The zero-order valence-corrected chi connectivity index (χ0v) is 19.2. The number of hydrogen-bond donors (Lipinski definition) is 1. The lowest BCUT2D eigenvalue weighted by Gasteiger charge is -2.29. The minimum Gasteiger partial charge on any atom is -0.455 e. The first kappa shape index (κ1) is 23.7. The molecule has 1 aliphatic heterocycles. The van der Waals surface area contributed by atoms with E-state index in [1.165, 1.54) is 21.8 Å². The zero-order chi connectivity index (χ0) is 24.0. The van der Waals surface area contributed by atoms with Crippen molar-refractivity contribution in [3.8, 4) is 11.5 Å². The highest BCUT2D eigenvalue weighted by atomic mass is 32.2. The Balaban J connectivity index is 1.36. The van der Waals surface area contributed by atoms with Crippen LogP contribution in [0.15, 0.2) is 84.3 Å². The molecule has 1 saturated heterocycles. The van der Waals surface area contributed by atoms with Gasteiger partial charge in [0.15, 0.2) is 5.75 Å². The van der Waals surface area contributed by atoms with Crippen LogP contribution in [0.3, 0.4) is 0 Å². The summed E-state index contributed by atoms with van der Waals surface area (Å²) in [6.07, 6.45) is 2.40. The number of sulfonamides is 1. The maximum absolute atomic E-state index is 13.5. The smallest absolute Gasteiger partial charge is 0.236 e. The molecular weight excluding hydrogens is 455 g/mol. The quantitative estimate of drug-likeness (QED) is 0.500. The van der Waals surface area contributed by atoms with Crippen LogP contribution in [0.25, 0.3) is 6.08 Å². The summed E-state index contributed by atoms with van der Waals surface area (Å²) in [5.41, 5.74) is 1.28. The van der Waals surface area contributed by atoms with Gasteiger partial charge in [-0.15, -0.1) is 0 Å². The van der Waals surface area contributed by atoms with Crippen LogP contribution in [-0.4, -0.2) is 31.7 Å². The number of rotatable bonds is 7. The SMILES string of the molecule is O=C(Nc1ccccc1Oc1cccc(F)c1)C1CCN(S(=O)(=O)/C=C/c2ccccc2)CC1. The van der Waals surface area contributed by atoms with Crippen molar-refractivity contribution in [3.63, 3.8) is 0 Å². The molecule has 34 heavy (non-hydrogen) atoms. The average Bonchev–Trinajstić information content (AvgIpc) is 2.85. The third kappa shape index (κ3) is 6.09. The van der Waals surface area contributed by atoms with Crippen LogP contribution in [0.5, 0.6) is 11.5 Å². The number of anilines is 1. The topological polar surface area (TPSA) is 75.7 Å². The van der Waals surface area contributed by atoms with Crippen molar-refractivity contribution in [2.75, 3.05) is 18.4 Å². The number of carbonyl (C=O) groups excluding carboxylic acids is 1. The summed E-state index contributed by atoms with van der Waals surface area (Å²) in [7, 11) is -3.56. The fourth-order valence-corrected chi connectivity index (χ4v) is 4.96. The summed E-state index contributed by atoms with van der Waals surface area (Å²) in [6.45, 7) is 0.530. The van der Waals surface area contributed by atoms with Crippen molar-refractivity contribution in [2.45, 2.75) is 12.8 Å². The van der Waals surface area contributed by atoms with E-state index < -0.39 is 15.8 Å². The van der Waals surface area contributed by atoms with Gasteiger partial charge in [-0.1, -0.05) is 48.5 Å². The molecule has 0 unspecified atom stereocenters. The van der Waals surface area contributed by atoms with E-state index in [1.54, 1.807) is 42.5 Å². The molecule has 0 aliphatic carbocycles. The number of ether oxygens (including phenoxy) is 1. The first-order valence-corrected chi connectivity index (χ1v) is 12.5. The second kappa shape index (κ2) is 10.6. The molecule has 176 valence electrons. The molecule has 0 spiro atoms. The number of nitrogens with one attached hydrogen (secondary N) is 1. The van der Waals surface area contributed by atoms with E-state index in [0.717, 1.165) is 5.56 Å². The lowest BCUT2D eigenvalue weighted by atomic mass is 9.97. The Bertz CT molecular complexity index is 1270. The second-order valence-electron chi connectivity index (χ2n) is 7.98. The van der Waals surface area contributed by atoms with Crippen molar-refractivity contribution < 1.29 is 22.3 Å². The maximum Gasteiger partial charge on any atom is 0.236 e. The number of para-hydroxylation sites is 2. The van der Waals surface area contributed by atoms with Gasteiger partial charge in [-0.05, 0) is 48.7 Å². The largest absolute Gasteiger partial charge is 0.455 e. The van der Waals surface area contributed by atoms with Crippen molar-refractivity contribution in [1.29, 1.82) is 0 Å². The number of benzene rings is 3. The van der Waals surface area contributed by atoms with Gasteiger partial charge in [-0.2, -0.15) is 4.31 Å². The highest BCUT2D eigenvalue weighted by Crippen LogP contribution is 2.31. The van der Waals surface area contributed by atoms with Gasteiger partial charge in [-0.3, -0.25) is 4.79 Å². The Morgan fingerprint density at radius 2 is 1.68 bits per heavy atom. The van der Waals surface area contributed by atoms with Crippen molar-refractivity contribution in [2.24, 2.45) is 5.92 Å². The first-order valence-electron chi connectivity index (χ1n) is 11.0. The molecule has 6 nitrogen and oxygen atoms in total. The zero-order valence-electron chi connectivity index (χ0n) is 18.4. The van der Waals surface area contributed by atoms with Crippen molar-refractivity contribution in [3.05, 3.63) is 95.7 Å². The first-order chi connectivity index (χ1) is 16.4. The number of nitrogens with zero attached hydrogens (tertiary/aromatic N) is 1. The van der Waals surface area contributed by atoms with Crippen molar-refractivity contribution in [1.82, 2.24) is 4.31 Å². The molecule has 0 aromatic heterocycles. The van der Waals surface area contributed by atoms with Crippen LogP contribution in [0, 0.1) is 11.7 Å². The standard InChI is InChI=1S/C26H25FN2O4S/c27-22-9-6-10-23(19-22)33-25-12-5-4-11-24(25)28-26(30)21-13-16-29(17-14-21)34(31,32)18-15-20-7-2-1-3-8-20/h1-12,15,18-19,21H,13-14,16-17H2,(H,28,30)/b18-15+. The number of halogens is 1. The highest BCUT2D eigenvalue weighted by molar-refractivity contribution is 7.92. The molecule has 4 rings (SSSR count). The van der Waals surface area contributed by atoms with Gasteiger partial charge < -0.3 is 10.1 Å². The summed E-state index contributed by atoms with van der Waals surface area (Å²) >= 11 is 0. The summed E-state index contributed by atoms with van der Waals surface area (Å²) in [4.78, 5) is 12.9. The Morgan fingerprint density at radius 1 is 0.971 bits per heavy atom. The Morgan fingerprint density at radius 3 is 2.41 bits per heavy atom. The molecule has 0 bridgehead atoms. The maximum atomic E-state index is 13.5. The highest BCUT2D eigenvalue weighted by Gasteiger charge is 2.30. The molecule has 3 aromatic carbocycles. The minimum atomic E-state index is -3.56. The van der Waals surface area contributed by atoms with Crippen LogP contribution in [0.1, 0.15) is 18.4 Å². The predicted octanol–water partition coefficient (Wildman–Crippen LogP) is 5.27. The molecule has 1 N–H and O–H groups in total. The molecule has 1 fully saturated rings. The molecule has 1 heterocycles. The third-order valence-electron chi connectivity index (χ3n) is 5.59. The van der Waals surface area contributed by atoms with E-state index in [4.69, 9.17) is 4.74 Å². The second-order valence-corrected chi connectivity index (χ2v) is 9.80. The monoisotopic (exact) mass is 480 g/mol. The third-order valence-corrected chi connectivity index (χ3v) is 7.15. The van der Waals surface area contributed by atoms with Gasteiger partial charge >= 0.3 is 0 Å². The van der Waals surface area contributed by atoms with E-state index in [0.29, 0.717) is 30.0 Å². The molecule has 3 aromatic rings. The molecular formula is C26H25FN2O4S. The van der Waals surface area contributed by atoms with Gasteiger partial charge in [-0.25, -0.2) is 12.8 Å². The molecule has 0 radical (unpaired) electrons. The summed E-state index contributed by atoms with van der Waals surface area (Å²) in [5.74, 6) is -0.227. The number of carbonyl (C=O) groups is 1. The Labute approximate surface area is 198 Å². The van der Waals surface area contributed by atoms with Crippen molar-refractivity contribution >= 4 is 27.7 Å². The van der Waals surface area contributed by atoms with Gasteiger partial charge in [0, 0.05) is 30.5 Å². The molecule has 0 saturated carbocycles. The van der Waals surface area contributed by atoms with E-state index in [-0.39, 0.29) is 24.9 Å². The number of piperidine rings is 1. The number of hydrogen-bond acceptors (Lipinski definition) is 4. The Kier molecular flexibility index (Phi) is 7.40. The minimum absolute atomic E-state index is 0.202. The fourth-order valence-electron chi connectivity index (χ4n) is 3.74. The molecule has 1 amide bonds. The molecule has 0 atom stereocenters. The van der Waals surface area contributed by atoms with E-state index in [1.807, 2.05) is 30.3 Å². The predicted molar refractivity (Wildman–Crippen MR) is 130 cm³/mol. The van der Waals surface area contributed by atoms with Crippen LogP contribution in [-0.2, 0) is 14.8 Å². The lowest BCUT2D eigenvalue weighted by molar-refractivity contribution is -0.120. The van der Waals surface area contributed by atoms with E-state index >= 15 is 0 Å². The van der Waals surface area contributed by atoms with Crippen LogP contribution in [0.4, 0.5) is 10.1 Å². The summed E-state index contributed by atoms with van der Waals surface area (Å²) in [6, 6.07) is 21.9. The van der Waals surface area contributed by atoms with E-state index in [9.17, 15) is 17.6 Å². The Hall–Kier alpha value is -3.49. The van der Waals surface area contributed by atoms with Crippen LogP contribution in [0.2, 0.25) is 0 Å². The summed E-state index contributed by atoms with van der Waals surface area (Å²) in [5, 5.41) is 4.09. The van der Waals surface area contributed by atoms with Gasteiger partial charge in [0.25, 0.3) is 0 Å². The van der Waals surface area contributed by atoms with Crippen LogP contribution >= 0.6 is 0 Å². The van der Waals surface area contributed by atoms with Gasteiger partial charge in [0.05, 0.1) is 5.69 Å². The lowest BCUT2D eigenvalue weighted by Crippen LogP contribution is -2.40. The molecule has 1 aliphatic rings. The fraction of sp³-hybridized carbons (Fsp3) is 0.192. The number of amides is 1. The van der Waals surface area contributed by atoms with E-state index in [2.05, 4.69) is 5.32 Å². The molecule has 8 heteroatoms. The average molecular weight is 481 g/mol.